The molecule has 0 spiro atoms. The van der Waals surface area contributed by atoms with Crippen LogP contribution >= 0.6 is 0 Å². The Morgan fingerprint density at radius 1 is 1.00 bits per heavy atom. The van der Waals surface area contributed by atoms with Crippen molar-refractivity contribution in [2.45, 2.75) is 6.61 Å². The Hall–Kier alpha value is -2.43. The summed E-state index contributed by atoms with van der Waals surface area (Å²) in [4.78, 5) is 0. The van der Waals surface area contributed by atoms with E-state index in [9.17, 15) is 4.39 Å². The lowest BCUT2D eigenvalue weighted by atomic mass is 10.2. The predicted octanol–water partition coefficient (Wildman–Crippen LogP) is 3.00. The Morgan fingerprint density at radius 3 is 2.30 bits per heavy atom. The number of hydrogen-bond donors (Lipinski definition) is 1. The van der Waals surface area contributed by atoms with Gasteiger partial charge in [0.2, 0.25) is 0 Å². The monoisotopic (exact) mass is 277 g/mol. The number of rotatable bonds is 5. The van der Waals surface area contributed by atoms with Gasteiger partial charge in [0, 0.05) is 17.7 Å². The van der Waals surface area contributed by atoms with E-state index in [4.69, 9.17) is 19.9 Å². The van der Waals surface area contributed by atoms with Gasteiger partial charge in [-0.05, 0) is 6.07 Å². The molecule has 2 aromatic rings. The molecule has 0 bridgehead atoms. The van der Waals surface area contributed by atoms with Crippen LogP contribution in [0.25, 0.3) is 0 Å². The Bertz CT molecular complexity index is 602. The van der Waals surface area contributed by atoms with E-state index in [0.717, 1.165) is 0 Å². The molecule has 106 valence electrons. The first kappa shape index (κ1) is 14.0. The Balaban J connectivity index is 2.19. The second-order valence-corrected chi connectivity index (χ2v) is 4.13. The Morgan fingerprint density at radius 2 is 1.65 bits per heavy atom. The van der Waals surface area contributed by atoms with E-state index in [0.29, 0.717) is 28.5 Å². The summed E-state index contributed by atoms with van der Waals surface area (Å²) in [7, 11) is 3.05. The van der Waals surface area contributed by atoms with Crippen LogP contribution in [-0.4, -0.2) is 14.2 Å². The SMILES string of the molecule is COc1cc(N)c(OCc2ccccc2F)cc1OC. The Kier molecular flexibility index (Phi) is 4.30. The zero-order chi connectivity index (χ0) is 14.5. The van der Waals surface area contributed by atoms with Gasteiger partial charge in [0.25, 0.3) is 0 Å². The minimum Gasteiger partial charge on any atom is -0.493 e. The molecule has 0 aliphatic carbocycles. The standard InChI is InChI=1S/C15H16FNO3/c1-18-14-7-12(17)13(8-15(14)19-2)20-9-10-5-3-4-6-11(10)16/h3-8H,9,17H2,1-2H3. The Labute approximate surface area is 116 Å². The van der Waals surface area contributed by atoms with Gasteiger partial charge in [0.05, 0.1) is 19.9 Å². The quantitative estimate of drug-likeness (QED) is 0.854. The predicted molar refractivity (Wildman–Crippen MR) is 74.7 cm³/mol. The first-order valence-corrected chi connectivity index (χ1v) is 6.03. The molecule has 2 N–H and O–H groups in total. The number of nitrogen functional groups attached to an aromatic ring is 1. The minimum atomic E-state index is -0.313. The molecule has 0 aliphatic heterocycles. The van der Waals surface area contributed by atoms with E-state index < -0.39 is 0 Å². The van der Waals surface area contributed by atoms with Gasteiger partial charge in [-0.1, -0.05) is 18.2 Å². The van der Waals surface area contributed by atoms with E-state index in [1.165, 1.54) is 20.3 Å². The largest absolute Gasteiger partial charge is 0.493 e. The number of ether oxygens (including phenoxy) is 3. The van der Waals surface area contributed by atoms with Gasteiger partial charge in [-0.25, -0.2) is 4.39 Å². The molecule has 0 unspecified atom stereocenters. The highest BCUT2D eigenvalue weighted by molar-refractivity contribution is 5.61. The third-order valence-corrected chi connectivity index (χ3v) is 2.86. The van der Waals surface area contributed by atoms with Crippen molar-refractivity contribution in [3.8, 4) is 17.2 Å². The maximum Gasteiger partial charge on any atom is 0.164 e. The van der Waals surface area contributed by atoms with Gasteiger partial charge >= 0.3 is 0 Å². The topological polar surface area (TPSA) is 53.7 Å². The molecule has 0 atom stereocenters. The summed E-state index contributed by atoms with van der Waals surface area (Å²) >= 11 is 0. The fourth-order valence-electron chi connectivity index (χ4n) is 1.77. The molecule has 0 aliphatic rings. The molecule has 0 aromatic heterocycles. The molecule has 4 nitrogen and oxygen atoms in total. The highest BCUT2D eigenvalue weighted by Gasteiger charge is 2.11. The van der Waals surface area contributed by atoms with E-state index in [-0.39, 0.29) is 12.4 Å². The smallest absolute Gasteiger partial charge is 0.164 e. The van der Waals surface area contributed by atoms with Crippen LogP contribution < -0.4 is 19.9 Å². The van der Waals surface area contributed by atoms with Gasteiger partial charge in [-0.3, -0.25) is 0 Å². The van der Waals surface area contributed by atoms with Crippen LogP contribution in [0.4, 0.5) is 10.1 Å². The first-order valence-electron chi connectivity index (χ1n) is 6.03. The highest BCUT2D eigenvalue weighted by atomic mass is 19.1. The molecular formula is C15H16FNO3. The van der Waals surface area contributed by atoms with Crippen LogP contribution in [0.5, 0.6) is 17.2 Å². The molecule has 0 heterocycles. The van der Waals surface area contributed by atoms with Crippen molar-refractivity contribution in [2.24, 2.45) is 0 Å². The molecule has 20 heavy (non-hydrogen) atoms. The van der Waals surface area contributed by atoms with Crippen molar-refractivity contribution >= 4 is 5.69 Å². The maximum atomic E-state index is 13.5. The van der Waals surface area contributed by atoms with Gasteiger partial charge in [-0.15, -0.1) is 0 Å². The van der Waals surface area contributed by atoms with Crippen LogP contribution in [-0.2, 0) is 6.61 Å². The molecule has 0 fully saturated rings. The lowest BCUT2D eigenvalue weighted by Crippen LogP contribution is -2.02. The van der Waals surface area contributed by atoms with Crippen molar-refractivity contribution in [1.82, 2.24) is 0 Å². The molecule has 2 rings (SSSR count). The summed E-state index contributed by atoms with van der Waals surface area (Å²) in [5.74, 6) is 1.13. The van der Waals surface area contributed by atoms with Crippen LogP contribution in [0, 0.1) is 5.82 Å². The van der Waals surface area contributed by atoms with E-state index in [1.54, 1.807) is 30.3 Å². The molecule has 0 saturated carbocycles. The molecule has 5 heteroatoms. The van der Waals surface area contributed by atoms with E-state index in [1.807, 2.05) is 0 Å². The zero-order valence-corrected chi connectivity index (χ0v) is 11.4. The molecule has 0 radical (unpaired) electrons. The molecule has 0 saturated heterocycles. The van der Waals surface area contributed by atoms with Crippen molar-refractivity contribution < 1.29 is 18.6 Å². The van der Waals surface area contributed by atoms with Gasteiger partial charge in [0.1, 0.15) is 18.2 Å². The van der Waals surface area contributed by atoms with E-state index >= 15 is 0 Å². The second-order valence-electron chi connectivity index (χ2n) is 4.13. The molecule has 2 aromatic carbocycles. The molecular weight excluding hydrogens is 261 g/mol. The first-order chi connectivity index (χ1) is 9.65. The lowest BCUT2D eigenvalue weighted by molar-refractivity contribution is 0.296. The van der Waals surface area contributed by atoms with E-state index in [2.05, 4.69) is 0 Å². The zero-order valence-electron chi connectivity index (χ0n) is 11.4. The second kappa shape index (κ2) is 6.14. The van der Waals surface area contributed by atoms with Crippen LogP contribution in [0.1, 0.15) is 5.56 Å². The average Bonchev–Trinajstić information content (AvgIpc) is 2.47. The summed E-state index contributed by atoms with van der Waals surface area (Å²) in [6.45, 7) is 0.0896. The fraction of sp³-hybridized carbons (Fsp3) is 0.200. The van der Waals surface area contributed by atoms with Crippen LogP contribution in [0.2, 0.25) is 0 Å². The summed E-state index contributed by atoms with van der Waals surface area (Å²) < 4.78 is 29.4. The van der Waals surface area contributed by atoms with Gasteiger partial charge < -0.3 is 19.9 Å². The van der Waals surface area contributed by atoms with Crippen LogP contribution in [0.15, 0.2) is 36.4 Å². The van der Waals surface area contributed by atoms with Crippen LogP contribution in [0.3, 0.4) is 0 Å². The summed E-state index contributed by atoms with van der Waals surface area (Å²) in [5, 5.41) is 0. The summed E-state index contributed by atoms with van der Waals surface area (Å²) in [6.07, 6.45) is 0. The van der Waals surface area contributed by atoms with Gasteiger partial charge in [-0.2, -0.15) is 0 Å². The number of methoxy groups -OCH3 is 2. The third-order valence-electron chi connectivity index (χ3n) is 2.86. The summed E-state index contributed by atoms with van der Waals surface area (Å²) in [5.41, 5.74) is 6.73. The van der Waals surface area contributed by atoms with Crippen molar-refractivity contribution in [3.05, 3.63) is 47.8 Å². The maximum absolute atomic E-state index is 13.5. The fourth-order valence-corrected chi connectivity index (χ4v) is 1.77. The minimum absolute atomic E-state index is 0.0896. The van der Waals surface area contributed by atoms with Crippen molar-refractivity contribution in [3.63, 3.8) is 0 Å². The number of nitrogens with two attached hydrogens (primary N) is 1. The number of halogens is 1. The molecule has 0 amide bonds. The lowest BCUT2D eigenvalue weighted by Gasteiger charge is -2.13. The van der Waals surface area contributed by atoms with Crippen molar-refractivity contribution in [1.29, 1.82) is 0 Å². The average molecular weight is 277 g/mol. The number of benzene rings is 2. The third kappa shape index (κ3) is 2.93. The summed E-state index contributed by atoms with van der Waals surface area (Å²) in [6, 6.07) is 9.65. The highest BCUT2D eigenvalue weighted by Crippen LogP contribution is 2.36. The normalized spacial score (nSPS) is 10.2. The number of hydrogen-bond acceptors (Lipinski definition) is 4. The van der Waals surface area contributed by atoms with Gasteiger partial charge in [0.15, 0.2) is 11.5 Å². The van der Waals surface area contributed by atoms with Crippen molar-refractivity contribution in [2.75, 3.05) is 20.0 Å². The number of anilines is 1.